The van der Waals surface area contributed by atoms with Crippen LogP contribution in [0.3, 0.4) is 0 Å². The van der Waals surface area contributed by atoms with Gasteiger partial charge in [-0.2, -0.15) is 0 Å². The Morgan fingerprint density at radius 1 is 1.16 bits per heavy atom. The van der Waals surface area contributed by atoms with Gasteiger partial charge in [0.25, 0.3) is 5.91 Å². The quantitative estimate of drug-likeness (QED) is 0.837. The molecule has 1 aliphatic rings. The Bertz CT molecular complexity index is 769. The number of aryl methyl sites for hydroxylation is 2. The zero-order valence-electron chi connectivity index (χ0n) is 14.8. The average Bonchev–Trinajstić information content (AvgIpc) is 3.00. The van der Waals surface area contributed by atoms with E-state index in [1.807, 2.05) is 41.8 Å². The lowest BCUT2D eigenvalue weighted by atomic mass is 10.1. The van der Waals surface area contributed by atoms with Crippen molar-refractivity contribution in [1.82, 2.24) is 24.6 Å². The molecule has 0 saturated heterocycles. The number of carbonyl (C=O) groups is 2. The molecule has 0 spiro atoms. The van der Waals surface area contributed by atoms with E-state index in [4.69, 9.17) is 0 Å². The van der Waals surface area contributed by atoms with E-state index in [1.54, 1.807) is 19.0 Å². The molecule has 2 aromatic rings. The van der Waals surface area contributed by atoms with Gasteiger partial charge in [0.15, 0.2) is 11.9 Å². The van der Waals surface area contributed by atoms with E-state index >= 15 is 0 Å². The molecule has 25 heavy (non-hydrogen) atoms. The zero-order chi connectivity index (χ0) is 18.0. The topological polar surface area (TPSA) is 71.3 Å². The number of rotatable bonds is 4. The molecule has 1 atom stereocenters. The van der Waals surface area contributed by atoms with Crippen LogP contribution in [0, 0.1) is 6.92 Å². The van der Waals surface area contributed by atoms with Gasteiger partial charge in [-0.25, -0.2) is 0 Å². The van der Waals surface area contributed by atoms with Gasteiger partial charge >= 0.3 is 0 Å². The lowest BCUT2D eigenvalue weighted by molar-refractivity contribution is -0.146. The molecule has 0 N–H and O–H groups in total. The van der Waals surface area contributed by atoms with Crippen LogP contribution in [-0.4, -0.2) is 57.0 Å². The normalized spacial score (nSPS) is 16.4. The number of aromatic nitrogens is 3. The molecule has 2 amide bonds. The fourth-order valence-electron chi connectivity index (χ4n) is 3.15. The number of fused-ring (bicyclic) bond motifs is 1. The summed E-state index contributed by atoms with van der Waals surface area (Å²) in [5.74, 6) is 1.14. The summed E-state index contributed by atoms with van der Waals surface area (Å²) in [5, 5.41) is 8.25. The minimum Gasteiger partial charge on any atom is -0.347 e. The van der Waals surface area contributed by atoms with E-state index in [0.717, 1.165) is 11.4 Å². The number of hydrogen-bond acceptors (Lipinski definition) is 4. The van der Waals surface area contributed by atoms with E-state index < -0.39 is 6.04 Å². The average molecular weight is 341 g/mol. The third kappa shape index (κ3) is 3.40. The highest BCUT2D eigenvalue weighted by molar-refractivity contribution is 5.88. The summed E-state index contributed by atoms with van der Waals surface area (Å²) < 4.78 is 1.92. The largest absolute Gasteiger partial charge is 0.347 e. The lowest BCUT2D eigenvalue weighted by Crippen LogP contribution is -2.48. The SMILES string of the molecule is Cc1nnc2n1CCN(C(=O)CCc1ccccc1)C2C(=O)N(C)C. The first-order valence-corrected chi connectivity index (χ1v) is 8.43. The molecule has 1 unspecified atom stereocenters. The minimum absolute atomic E-state index is 0.0315. The molecule has 132 valence electrons. The van der Waals surface area contributed by atoms with Crippen LogP contribution in [-0.2, 0) is 22.6 Å². The first kappa shape index (κ1) is 17.1. The highest BCUT2D eigenvalue weighted by Gasteiger charge is 2.39. The van der Waals surface area contributed by atoms with Crippen molar-refractivity contribution >= 4 is 11.8 Å². The Labute approximate surface area is 147 Å². The first-order valence-electron chi connectivity index (χ1n) is 8.43. The summed E-state index contributed by atoms with van der Waals surface area (Å²) in [6, 6.07) is 9.19. The molecule has 0 saturated carbocycles. The van der Waals surface area contributed by atoms with E-state index in [-0.39, 0.29) is 11.8 Å². The standard InChI is InChI=1S/C18H23N5O2/c1-13-19-20-17-16(18(25)21(2)3)23(12-11-22(13)17)15(24)10-9-14-7-5-4-6-8-14/h4-8,16H,9-12H2,1-3H3. The van der Waals surface area contributed by atoms with E-state index in [2.05, 4.69) is 10.2 Å². The predicted molar refractivity (Wildman–Crippen MR) is 92.7 cm³/mol. The summed E-state index contributed by atoms with van der Waals surface area (Å²) in [5.41, 5.74) is 1.11. The molecular weight excluding hydrogens is 318 g/mol. The van der Waals surface area contributed by atoms with Gasteiger partial charge in [-0.05, 0) is 18.9 Å². The zero-order valence-corrected chi connectivity index (χ0v) is 14.8. The summed E-state index contributed by atoms with van der Waals surface area (Å²) in [6.07, 6.45) is 1.03. The van der Waals surface area contributed by atoms with Crippen LogP contribution < -0.4 is 0 Å². The molecule has 0 bridgehead atoms. The minimum atomic E-state index is -0.701. The third-order valence-corrected chi connectivity index (χ3v) is 4.55. The van der Waals surface area contributed by atoms with Crippen LogP contribution >= 0.6 is 0 Å². The van der Waals surface area contributed by atoms with Crippen molar-refractivity contribution in [2.75, 3.05) is 20.6 Å². The molecule has 0 fully saturated rings. The van der Waals surface area contributed by atoms with Crippen molar-refractivity contribution in [2.24, 2.45) is 0 Å². The molecule has 1 aromatic carbocycles. The monoisotopic (exact) mass is 341 g/mol. The van der Waals surface area contributed by atoms with Crippen molar-refractivity contribution in [3.63, 3.8) is 0 Å². The Morgan fingerprint density at radius 2 is 1.88 bits per heavy atom. The summed E-state index contributed by atoms with van der Waals surface area (Å²) in [4.78, 5) is 28.7. The van der Waals surface area contributed by atoms with Gasteiger partial charge < -0.3 is 14.4 Å². The second kappa shape index (κ2) is 7.04. The molecule has 7 heteroatoms. The maximum atomic E-state index is 12.8. The Balaban J connectivity index is 1.81. The molecule has 7 nitrogen and oxygen atoms in total. The van der Waals surface area contributed by atoms with Gasteiger partial charge in [0.2, 0.25) is 5.91 Å². The van der Waals surface area contributed by atoms with Crippen LogP contribution in [0.1, 0.15) is 29.7 Å². The summed E-state index contributed by atoms with van der Waals surface area (Å²) in [7, 11) is 3.38. The Kier molecular flexibility index (Phi) is 4.83. The van der Waals surface area contributed by atoms with Crippen LogP contribution in [0.15, 0.2) is 30.3 Å². The van der Waals surface area contributed by atoms with Crippen LogP contribution in [0.25, 0.3) is 0 Å². The maximum absolute atomic E-state index is 12.8. The summed E-state index contributed by atoms with van der Waals surface area (Å²) in [6.45, 7) is 2.97. The highest BCUT2D eigenvalue weighted by Crippen LogP contribution is 2.27. The lowest BCUT2D eigenvalue weighted by Gasteiger charge is -2.36. The fraction of sp³-hybridized carbons (Fsp3) is 0.444. The van der Waals surface area contributed by atoms with Crippen LogP contribution in [0.5, 0.6) is 0 Å². The van der Waals surface area contributed by atoms with Crippen LogP contribution in [0.2, 0.25) is 0 Å². The van der Waals surface area contributed by atoms with Gasteiger partial charge in [0.05, 0.1) is 0 Å². The van der Waals surface area contributed by atoms with Gasteiger partial charge in [-0.3, -0.25) is 9.59 Å². The highest BCUT2D eigenvalue weighted by atomic mass is 16.2. The number of benzene rings is 1. The number of nitrogens with zero attached hydrogens (tertiary/aromatic N) is 5. The van der Waals surface area contributed by atoms with Crippen molar-refractivity contribution in [1.29, 1.82) is 0 Å². The van der Waals surface area contributed by atoms with Crippen molar-refractivity contribution < 1.29 is 9.59 Å². The van der Waals surface area contributed by atoms with Crippen LogP contribution in [0.4, 0.5) is 0 Å². The van der Waals surface area contributed by atoms with Crippen molar-refractivity contribution in [2.45, 2.75) is 32.4 Å². The van der Waals surface area contributed by atoms with Gasteiger partial charge in [0.1, 0.15) is 5.82 Å². The number of carbonyl (C=O) groups excluding carboxylic acids is 2. The van der Waals surface area contributed by atoms with E-state index in [1.165, 1.54) is 4.90 Å². The molecule has 0 radical (unpaired) electrons. The van der Waals surface area contributed by atoms with E-state index in [9.17, 15) is 9.59 Å². The molecule has 0 aliphatic carbocycles. The van der Waals surface area contributed by atoms with Gasteiger partial charge in [-0.15, -0.1) is 10.2 Å². The predicted octanol–water partition coefficient (Wildman–Crippen LogP) is 1.19. The van der Waals surface area contributed by atoms with Crippen molar-refractivity contribution in [3.8, 4) is 0 Å². The molecule has 1 aliphatic heterocycles. The Morgan fingerprint density at radius 3 is 2.56 bits per heavy atom. The maximum Gasteiger partial charge on any atom is 0.252 e. The van der Waals surface area contributed by atoms with Gasteiger partial charge in [-0.1, -0.05) is 30.3 Å². The fourth-order valence-corrected chi connectivity index (χ4v) is 3.15. The molecule has 3 rings (SSSR count). The van der Waals surface area contributed by atoms with E-state index in [0.29, 0.717) is 31.8 Å². The Hall–Kier alpha value is -2.70. The smallest absolute Gasteiger partial charge is 0.252 e. The van der Waals surface area contributed by atoms with Gasteiger partial charge in [0, 0.05) is 33.6 Å². The second-order valence-corrected chi connectivity index (χ2v) is 6.46. The summed E-state index contributed by atoms with van der Waals surface area (Å²) >= 11 is 0. The van der Waals surface area contributed by atoms with Crippen molar-refractivity contribution in [3.05, 3.63) is 47.5 Å². The number of amides is 2. The number of likely N-dealkylation sites (N-methyl/N-ethyl adjacent to an activating group) is 1. The second-order valence-electron chi connectivity index (χ2n) is 6.46. The molecular formula is C18H23N5O2. The third-order valence-electron chi connectivity index (χ3n) is 4.55. The molecule has 1 aromatic heterocycles. The molecule has 2 heterocycles. The number of hydrogen-bond donors (Lipinski definition) is 0. The first-order chi connectivity index (χ1) is 12.0.